The predicted octanol–water partition coefficient (Wildman–Crippen LogP) is -3.63. The third-order valence-electron chi connectivity index (χ3n) is 1.92. The molecule has 0 bridgehead atoms. The van der Waals surface area contributed by atoms with E-state index in [2.05, 4.69) is 16.0 Å². The molecule has 8 nitrogen and oxygen atoms in total. The first-order valence-electron chi connectivity index (χ1n) is 5.21. The Kier molecular flexibility index (Phi) is 7.99. The van der Waals surface area contributed by atoms with Gasteiger partial charge in [-0.3, -0.25) is 16.0 Å². The van der Waals surface area contributed by atoms with E-state index < -0.39 is 11.8 Å². The summed E-state index contributed by atoms with van der Waals surface area (Å²) in [6, 6.07) is 0. The number of hydrogen-bond donors (Lipinski definition) is 7. The van der Waals surface area contributed by atoms with Crippen molar-refractivity contribution in [1.82, 2.24) is 16.0 Å². The lowest BCUT2D eigenvalue weighted by molar-refractivity contribution is -0.148. The first kappa shape index (κ1) is 15.2. The van der Waals surface area contributed by atoms with Gasteiger partial charge in [0, 0.05) is 39.3 Å². The maximum atomic E-state index is 11.2. The summed E-state index contributed by atoms with van der Waals surface area (Å²) in [5.41, 5.74) is 16.0. The van der Waals surface area contributed by atoms with Crippen LogP contribution < -0.4 is 33.2 Å². The lowest BCUT2D eigenvalue weighted by Gasteiger charge is -2.32. The number of aliphatic carboxylic acids is 1. The smallest absolute Gasteiger partial charge is 0.354 e. The highest BCUT2D eigenvalue weighted by atomic mass is 16.4. The normalized spacial score (nSPS) is 11.7. The summed E-state index contributed by atoms with van der Waals surface area (Å²) in [7, 11) is 0. The van der Waals surface area contributed by atoms with Crippen LogP contribution in [0.4, 0.5) is 0 Å². The molecule has 0 aromatic heterocycles. The molecule has 0 amide bonds. The van der Waals surface area contributed by atoms with E-state index in [1.54, 1.807) is 0 Å². The highest BCUT2D eigenvalue weighted by molar-refractivity contribution is 5.77. The first-order chi connectivity index (χ1) is 7.63. The Morgan fingerprint density at radius 1 is 0.938 bits per heavy atom. The lowest BCUT2D eigenvalue weighted by atomic mass is 10.3. The average Bonchev–Trinajstić information content (AvgIpc) is 2.28. The molecule has 0 atom stereocenters. The predicted molar refractivity (Wildman–Crippen MR) is 61.5 cm³/mol. The van der Waals surface area contributed by atoms with Gasteiger partial charge in [0.05, 0.1) is 0 Å². The van der Waals surface area contributed by atoms with Gasteiger partial charge in [0.1, 0.15) is 0 Å². The van der Waals surface area contributed by atoms with Crippen molar-refractivity contribution < 1.29 is 9.90 Å². The van der Waals surface area contributed by atoms with Crippen molar-refractivity contribution in [3.8, 4) is 0 Å². The maximum Gasteiger partial charge on any atom is 0.354 e. The van der Waals surface area contributed by atoms with Gasteiger partial charge < -0.3 is 22.3 Å². The summed E-state index contributed by atoms with van der Waals surface area (Å²) in [5, 5.41) is 17.6. The van der Waals surface area contributed by atoms with Crippen LogP contribution in [0.2, 0.25) is 0 Å². The molecule has 10 N–H and O–H groups in total. The maximum absolute atomic E-state index is 11.2. The minimum atomic E-state index is -1.42. The molecule has 0 fully saturated rings. The Hall–Kier alpha value is -0.770. The van der Waals surface area contributed by atoms with E-state index in [0.29, 0.717) is 39.3 Å². The second-order valence-electron chi connectivity index (χ2n) is 3.20. The molecule has 0 unspecified atom stereocenters. The Labute approximate surface area is 94.9 Å². The van der Waals surface area contributed by atoms with Crippen LogP contribution in [0.5, 0.6) is 0 Å². The summed E-state index contributed by atoms with van der Waals surface area (Å²) in [4.78, 5) is 11.2. The molecular weight excluding hydrogens is 212 g/mol. The number of carboxylic acids is 1. The van der Waals surface area contributed by atoms with E-state index in [9.17, 15) is 9.90 Å². The summed E-state index contributed by atoms with van der Waals surface area (Å²) >= 11 is 0. The van der Waals surface area contributed by atoms with Gasteiger partial charge in [-0.2, -0.15) is 0 Å². The molecule has 0 aliphatic carbocycles. The molecule has 0 saturated heterocycles. The zero-order valence-corrected chi connectivity index (χ0v) is 9.33. The summed E-state index contributed by atoms with van der Waals surface area (Å²) in [6.45, 7) is 2.10. The van der Waals surface area contributed by atoms with Crippen LogP contribution in [0.25, 0.3) is 0 Å². The topological polar surface area (TPSA) is 151 Å². The van der Waals surface area contributed by atoms with Gasteiger partial charge >= 0.3 is 5.97 Å². The number of nitrogens with one attached hydrogen (secondary N) is 3. The standard InChI is InChI=1S/C8H22N6O2/c9-1-4-12-8(7(15)16,13-5-2-10)14-6-3-11/h12-14H,1-6,9-11H2,(H,15,16). The van der Waals surface area contributed by atoms with Crippen LogP contribution in [-0.2, 0) is 4.79 Å². The Morgan fingerprint density at radius 3 is 1.44 bits per heavy atom. The van der Waals surface area contributed by atoms with E-state index in [1.165, 1.54) is 0 Å². The molecule has 0 aliphatic rings. The van der Waals surface area contributed by atoms with Gasteiger partial charge in [0.25, 0.3) is 0 Å². The fraction of sp³-hybridized carbons (Fsp3) is 0.875. The van der Waals surface area contributed by atoms with E-state index in [4.69, 9.17) is 17.2 Å². The highest BCUT2D eigenvalue weighted by Crippen LogP contribution is 1.94. The van der Waals surface area contributed by atoms with Crippen LogP contribution in [0.3, 0.4) is 0 Å². The molecule has 0 aliphatic heterocycles. The Bertz CT molecular complexity index is 179. The summed E-state index contributed by atoms with van der Waals surface area (Å²) in [5.74, 6) is -2.49. The van der Waals surface area contributed by atoms with Crippen molar-refractivity contribution in [1.29, 1.82) is 0 Å². The third-order valence-corrected chi connectivity index (χ3v) is 1.92. The van der Waals surface area contributed by atoms with E-state index in [-0.39, 0.29) is 0 Å². The number of hydrogen-bond acceptors (Lipinski definition) is 7. The average molecular weight is 234 g/mol. The minimum Gasteiger partial charge on any atom is -0.478 e. The second kappa shape index (κ2) is 8.39. The van der Waals surface area contributed by atoms with Gasteiger partial charge in [-0.25, -0.2) is 4.79 Å². The largest absolute Gasteiger partial charge is 0.478 e. The molecule has 0 heterocycles. The molecule has 0 saturated carbocycles. The van der Waals surface area contributed by atoms with Crippen LogP contribution in [-0.4, -0.2) is 56.1 Å². The van der Waals surface area contributed by atoms with Crippen LogP contribution in [0.1, 0.15) is 0 Å². The fourth-order valence-corrected chi connectivity index (χ4v) is 1.19. The van der Waals surface area contributed by atoms with Gasteiger partial charge in [-0.15, -0.1) is 0 Å². The molecule has 8 heteroatoms. The van der Waals surface area contributed by atoms with Crippen LogP contribution >= 0.6 is 0 Å². The van der Waals surface area contributed by atoms with Gasteiger partial charge in [-0.1, -0.05) is 0 Å². The lowest BCUT2D eigenvalue weighted by Crippen LogP contribution is -2.72. The fourth-order valence-electron chi connectivity index (χ4n) is 1.19. The van der Waals surface area contributed by atoms with Crippen LogP contribution in [0.15, 0.2) is 0 Å². The van der Waals surface area contributed by atoms with Gasteiger partial charge in [0.2, 0.25) is 5.79 Å². The second-order valence-corrected chi connectivity index (χ2v) is 3.20. The van der Waals surface area contributed by atoms with Gasteiger partial charge in [-0.05, 0) is 0 Å². The third kappa shape index (κ3) is 4.84. The molecule has 0 aromatic carbocycles. The summed E-state index contributed by atoms with van der Waals surface area (Å²) < 4.78 is 0. The van der Waals surface area contributed by atoms with E-state index >= 15 is 0 Å². The molecule has 0 rings (SSSR count). The Morgan fingerprint density at radius 2 is 1.25 bits per heavy atom. The SMILES string of the molecule is NCCNC(NCCN)(NCCN)C(=O)O. The quantitative estimate of drug-likeness (QED) is 0.191. The molecule has 96 valence electrons. The van der Waals surface area contributed by atoms with Crippen molar-refractivity contribution in [3.05, 3.63) is 0 Å². The first-order valence-corrected chi connectivity index (χ1v) is 5.21. The number of carboxylic acid groups (broad SMARTS) is 1. The molecule has 0 radical (unpaired) electrons. The van der Waals surface area contributed by atoms with Crippen molar-refractivity contribution in [2.75, 3.05) is 39.3 Å². The zero-order chi connectivity index (χ0) is 12.4. The zero-order valence-electron chi connectivity index (χ0n) is 9.33. The van der Waals surface area contributed by atoms with Crippen molar-refractivity contribution >= 4 is 5.97 Å². The van der Waals surface area contributed by atoms with Crippen molar-refractivity contribution in [2.24, 2.45) is 17.2 Å². The number of nitrogens with two attached hydrogens (primary N) is 3. The number of carbonyl (C=O) groups is 1. The van der Waals surface area contributed by atoms with Crippen molar-refractivity contribution in [2.45, 2.75) is 5.79 Å². The monoisotopic (exact) mass is 234 g/mol. The molecular formula is C8H22N6O2. The van der Waals surface area contributed by atoms with Gasteiger partial charge in [0.15, 0.2) is 0 Å². The molecule has 0 spiro atoms. The molecule has 16 heavy (non-hydrogen) atoms. The highest BCUT2D eigenvalue weighted by Gasteiger charge is 2.36. The Balaban J connectivity index is 4.52. The summed E-state index contributed by atoms with van der Waals surface area (Å²) in [6.07, 6.45) is 0. The van der Waals surface area contributed by atoms with Crippen molar-refractivity contribution in [3.63, 3.8) is 0 Å². The van der Waals surface area contributed by atoms with E-state index in [1.807, 2.05) is 0 Å². The van der Waals surface area contributed by atoms with E-state index in [0.717, 1.165) is 0 Å². The number of rotatable bonds is 10. The van der Waals surface area contributed by atoms with Crippen LogP contribution in [0, 0.1) is 0 Å². The minimum absolute atomic E-state index is 0.337. The molecule has 0 aromatic rings.